The van der Waals surface area contributed by atoms with Gasteiger partial charge in [0.05, 0.1) is 5.69 Å². The summed E-state index contributed by atoms with van der Waals surface area (Å²) in [5, 5.41) is 10.1. The van der Waals surface area contributed by atoms with Gasteiger partial charge < -0.3 is 4.74 Å². The molecule has 0 aliphatic rings. The molecule has 0 aromatic heterocycles. The van der Waals surface area contributed by atoms with E-state index < -0.39 is 6.09 Å². The molecule has 0 aliphatic carbocycles. The summed E-state index contributed by atoms with van der Waals surface area (Å²) in [7, 11) is 0. The molecular formula is C14H13NO3. The summed E-state index contributed by atoms with van der Waals surface area (Å²) in [6.07, 6.45) is -0.801. The molecule has 4 heteroatoms. The lowest BCUT2D eigenvalue weighted by Crippen LogP contribution is -2.27. The lowest BCUT2D eigenvalue weighted by Gasteiger charge is -2.14. The number of benzene rings is 2. The monoisotopic (exact) mass is 243 g/mol. The molecule has 0 unspecified atom stereocenters. The fourth-order valence-corrected chi connectivity index (χ4v) is 1.46. The van der Waals surface area contributed by atoms with Crippen molar-refractivity contribution in [1.82, 2.24) is 0 Å². The minimum atomic E-state index is -0.801. The summed E-state index contributed by atoms with van der Waals surface area (Å²) < 4.78 is 4.98. The summed E-state index contributed by atoms with van der Waals surface area (Å²) >= 11 is 0. The predicted molar refractivity (Wildman–Crippen MR) is 67.3 cm³/mol. The van der Waals surface area contributed by atoms with Gasteiger partial charge in [0.15, 0.2) is 0 Å². The molecule has 0 saturated heterocycles. The van der Waals surface area contributed by atoms with Crippen LogP contribution in [0.3, 0.4) is 0 Å². The topological polar surface area (TPSA) is 49.8 Å². The van der Waals surface area contributed by atoms with E-state index in [0.29, 0.717) is 10.8 Å². The number of hydroxylamine groups is 1. The number of carbonyl (C=O) groups is 1. The number of anilines is 1. The molecule has 2 aromatic carbocycles. The Kier molecular flexibility index (Phi) is 3.94. The average Bonchev–Trinajstić information content (AvgIpc) is 2.46. The summed E-state index contributed by atoms with van der Waals surface area (Å²) in [6.45, 7) is 0.129. The van der Waals surface area contributed by atoms with Crippen LogP contribution in [-0.2, 0) is 11.3 Å². The van der Waals surface area contributed by atoms with Gasteiger partial charge in [-0.2, -0.15) is 5.06 Å². The largest absolute Gasteiger partial charge is 0.443 e. The Labute approximate surface area is 105 Å². The molecule has 0 heterocycles. The van der Waals surface area contributed by atoms with Crippen molar-refractivity contribution in [2.75, 3.05) is 5.06 Å². The van der Waals surface area contributed by atoms with Gasteiger partial charge in [0, 0.05) is 0 Å². The molecule has 0 aliphatic heterocycles. The molecule has 2 rings (SSSR count). The lowest BCUT2D eigenvalue weighted by molar-refractivity contribution is 0.115. The molecule has 0 fully saturated rings. The smallest absolute Gasteiger partial charge is 0.438 e. The van der Waals surface area contributed by atoms with Gasteiger partial charge in [0.2, 0.25) is 0 Å². The van der Waals surface area contributed by atoms with Crippen LogP contribution in [0.25, 0.3) is 0 Å². The Balaban J connectivity index is 1.93. The zero-order chi connectivity index (χ0) is 12.8. The summed E-state index contributed by atoms with van der Waals surface area (Å²) in [5.41, 5.74) is 1.24. The molecule has 0 spiro atoms. The second-order valence-corrected chi connectivity index (χ2v) is 3.69. The fraction of sp³-hybridized carbons (Fsp3) is 0.0714. The van der Waals surface area contributed by atoms with Crippen LogP contribution in [0.1, 0.15) is 5.56 Å². The Morgan fingerprint density at radius 3 is 2.17 bits per heavy atom. The summed E-state index contributed by atoms with van der Waals surface area (Å²) in [6, 6.07) is 17.8. The van der Waals surface area contributed by atoms with Crippen molar-refractivity contribution in [2.24, 2.45) is 0 Å². The molecule has 0 bridgehead atoms. The third-order valence-corrected chi connectivity index (χ3v) is 2.38. The van der Waals surface area contributed by atoms with Crippen LogP contribution in [-0.4, -0.2) is 11.3 Å². The second-order valence-electron chi connectivity index (χ2n) is 3.69. The molecule has 18 heavy (non-hydrogen) atoms. The second kappa shape index (κ2) is 5.84. The van der Waals surface area contributed by atoms with E-state index in [4.69, 9.17) is 4.74 Å². The minimum absolute atomic E-state index is 0.129. The number of carbonyl (C=O) groups excluding carboxylic acids is 1. The first kappa shape index (κ1) is 12.1. The van der Waals surface area contributed by atoms with Crippen LogP contribution in [0.2, 0.25) is 0 Å². The van der Waals surface area contributed by atoms with E-state index in [2.05, 4.69) is 0 Å². The van der Waals surface area contributed by atoms with Crippen molar-refractivity contribution in [3.63, 3.8) is 0 Å². The predicted octanol–water partition coefficient (Wildman–Crippen LogP) is 3.22. The van der Waals surface area contributed by atoms with Gasteiger partial charge in [-0.25, -0.2) is 4.79 Å². The SMILES string of the molecule is O=C(OCc1ccccc1)N(O)c1ccccc1. The van der Waals surface area contributed by atoms with Gasteiger partial charge in [0.1, 0.15) is 6.61 Å². The van der Waals surface area contributed by atoms with Crippen LogP contribution in [0.15, 0.2) is 60.7 Å². The number of hydrogen-bond acceptors (Lipinski definition) is 3. The van der Waals surface area contributed by atoms with Crippen LogP contribution in [0.5, 0.6) is 0 Å². The molecule has 0 atom stereocenters. The quantitative estimate of drug-likeness (QED) is 0.665. The van der Waals surface area contributed by atoms with Crippen molar-refractivity contribution >= 4 is 11.8 Å². The molecule has 92 valence electrons. The van der Waals surface area contributed by atoms with E-state index in [-0.39, 0.29) is 6.61 Å². The van der Waals surface area contributed by atoms with Crippen LogP contribution in [0.4, 0.5) is 10.5 Å². The molecule has 2 aromatic rings. The number of para-hydroxylation sites is 1. The van der Waals surface area contributed by atoms with Crippen molar-refractivity contribution < 1.29 is 14.7 Å². The van der Waals surface area contributed by atoms with Crippen molar-refractivity contribution in [3.8, 4) is 0 Å². The molecule has 4 nitrogen and oxygen atoms in total. The van der Waals surface area contributed by atoms with Crippen LogP contribution in [0, 0.1) is 0 Å². The van der Waals surface area contributed by atoms with Crippen LogP contribution < -0.4 is 5.06 Å². The number of hydrogen-bond donors (Lipinski definition) is 1. The van der Waals surface area contributed by atoms with Gasteiger partial charge in [-0.05, 0) is 17.7 Å². The highest BCUT2D eigenvalue weighted by molar-refractivity contribution is 5.84. The zero-order valence-corrected chi connectivity index (χ0v) is 9.69. The van der Waals surface area contributed by atoms with E-state index in [1.165, 1.54) is 0 Å². The Morgan fingerprint density at radius 1 is 1.00 bits per heavy atom. The highest BCUT2D eigenvalue weighted by Crippen LogP contribution is 2.12. The number of rotatable bonds is 3. The van der Waals surface area contributed by atoms with E-state index in [1.807, 2.05) is 30.3 Å². The lowest BCUT2D eigenvalue weighted by atomic mass is 10.2. The Hall–Kier alpha value is -2.33. The Bertz CT molecular complexity index is 499. The van der Waals surface area contributed by atoms with E-state index >= 15 is 0 Å². The summed E-state index contributed by atoms with van der Waals surface area (Å²) in [4.78, 5) is 11.6. The highest BCUT2D eigenvalue weighted by Gasteiger charge is 2.14. The maximum Gasteiger partial charge on any atom is 0.438 e. The van der Waals surface area contributed by atoms with E-state index in [1.54, 1.807) is 30.3 Å². The number of nitrogens with zero attached hydrogens (tertiary/aromatic N) is 1. The first-order valence-electron chi connectivity index (χ1n) is 5.52. The van der Waals surface area contributed by atoms with Gasteiger partial charge in [-0.1, -0.05) is 48.5 Å². The van der Waals surface area contributed by atoms with Crippen molar-refractivity contribution in [3.05, 3.63) is 66.2 Å². The van der Waals surface area contributed by atoms with E-state index in [9.17, 15) is 10.0 Å². The average molecular weight is 243 g/mol. The van der Waals surface area contributed by atoms with Crippen molar-refractivity contribution in [1.29, 1.82) is 0 Å². The first-order valence-corrected chi connectivity index (χ1v) is 5.52. The molecule has 1 N–H and O–H groups in total. The third-order valence-electron chi connectivity index (χ3n) is 2.38. The molecular weight excluding hydrogens is 230 g/mol. The molecule has 0 saturated carbocycles. The Morgan fingerprint density at radius 2 is 1.56 bits per heavy atom. The first-order chi connectivity index (χ1) is 8.77. The third kappa shape index (κ3) is 3.09. The maximum absolute atomic E-state index is 11.6. The van der Waals surface area contributed by atoms with Gasteiger partial charge in [-0.3, -0.25) is 5.21 Å². The van der Waals surface area contributed by atoms with Gasteiger partial charge in [0.25, 0.3) is 0 Å². The zero-order valence-electron chi connectivity index (χ0n) is 9.69. The molecule has 1 amide bonds. The van der Waals surface area contributed by atoms with Gasteiger partial charge >= 0.3 is 6.09 Å². The normalized spacial score (nSPS) is 9.83. The number of amides is 1. The van der Waals surface area contributed by atoms with E-state index in [0.717, 1.165) is 5.56 Å². The summed E-state index contributed by atoms with van der Waals surface area (Å²) in [5.74, 6) is 0. The standard InChI is InChI=1S/C14H13NO3/c16-14(15(17)13-9-5-2-6-10-13)18-11-12-7-3-1-4-8-12/h1-10,17H,11H2. The minimum Gasteiger partial charge on any atom is -0.443 e. The maximum atomic E-state index is 11.6. The van der Waals surface area contributed by atoms with Crippen molar-refractivity contribution in [2.45, 2.75) is 6.61 Å². The van der Waals surface area contributed by atoms with Gasteiger partial charge in [-0.15, -0.1) is 0 Å². The van der Waals surface area contributed by atoms with Crippen LogP contribution >= 0.6 is 0 Å². The fourth-order valence-electron chi connectivity index (χ4n) is 1.46. The molecule has 0 radical (unpaired) electrons. The highest BCUT2D eigenvalue weighted by atomic mass is 16.6. The number of ether oxygens (including phenoxy) is 1.